The third kappa shape index (κ3) is 2.97. The van der Waals surface area contributed by atoms with E-state index in [-0.39, 0.29) is 0 Å². The second kappa shape index (κ2) is 5.50. The first-order valence-electron chi connectivity index (χ1n) is 6.58. The van der Waals surface area contributed by atoms with Crippen LogP contribution in [0.5, 0.6) is 0 Å². The van der Waals surface area contributed by atoms with Crippen LogP contribution in [0.1, 0.15) is 38.2 Å². The summed E-state index contributed by atoms with van der Waals surface area (Å²) < 4.78 is 0. The van der Waals surface area contributed by atoms with Gasteiger partial charge in [0.15, 0.2) is 0 Å². The molecule has 2 unspecified atom stereocenters. The van der Waals surface area contributed by atoms with Crippen molar-refractivity contribution in [2.75, 3.05) is 11.9 Å². The van der Waals surface area contributed by atoms with E-state index in [0.29, 0.717) is 12.6 Å². The molecule has 2 atom stereocenters. The van der Waals surface area contributed by atoms with Crippen LogP contribution in [-0.4, -0.2) is 18.1 Å². The molecule has 1 aromatic rings. The number of hydrogen-bond acceptors (Lipinski definition) is 3. The summed E-state index contributed by atoms with van der Waals surface area (Å²) in [6.07, 6.45) is 7.19. The molecule has 3 nitrogen and oxygen atoms in total. The topological polar surface area (TPSA) is 42.1 Å². The van der Waals surface area contributed by atoms with Gasteiger partial charge in [0.2, 0.25) is 0 Å². The Morgan fingerprint density at radius 2 is 2.24 bits per heavy atom. The average molecular weight is 233 g/mol. The number of anilines is 1. The fourth-order valence-electron chi connectivity index (χ4n) is 2.69. The molecule has 2 N–H and O–H groups in total. The van der Waals surface area contributed by atoms with Crippen LogP contribution in [0.15, 0.2) is 18.3 Å². The Kier molecular flexibility index (Phi) is 4.00. The van der Waals surface area contributed by atoms with E-state index in [1.165, 1.54) is 25.7 Å². The van der Waals surface area contributed by atoms with E-state index < -0.39 is 0 Å². The second-order valence-corrected chi connectivity index (χ2v) is 5.27. The molecule has 0 aliphatic heterocycles. The molecule has 17 heavy (non-hydrogen) atoms. The predicted molar refractivity (Wildman–Crippen MR) is 72.0 cm³/mol. The summed E-state index contributed by atoms with van der Waals surface area (Å²) in [5.41, 5.74) is 6.68. The molecule has 1 aliphatic carbocycles. The molecular formula is C14H23N3. The number of hydrogen-bond donors (Lipinski definition) is 1. The molecule has 0 saturated heterocycles. The minimum atomic E-state index is 0.567. The number of rotatable bonds is 3. The molecular weight excluding hydrogens is 210 g/mol. The van der Waals surface area contributed by atoms with Gasteiger partial charge in [0.1, 0.15) is 5.82 Å². The van der Waals surface area contributed by atoms with Gasteiger partial charge >= 0.3 is 0 Å². The van der Waals surface area contributed by atoms with Gasteiger partial charge < -0.3 is 10.6 Å². The maximum atomic E-state index is 5.58. The zero-order chi connectivity index (χ0) is 12.3. The van der Waals surface area contributed by atoms with Crippen molar-refractivity contribution >= 4 is 5.82 Å². The van der Waals surface area contributed by atoms with E-state index in [4.69, 9.17) is 5.73 Å². The quantitative estimate of drug-likeness (QED) is 0.872. The highest BCUT2D eigenvalue weighted by atomic mass is 15.2. The van der Waals surface area contributed by atoms with Crippen molar-refractivity contribution in [2.24, 2.45) is 11.7 Å². The molecule has 1 fully saturated rings. The van der Waals surface area contributed by atoms with E-state index >= 15 is 0 Å². The summed E-state index contributed by atoms with van der Waals surface area (Å²) in [4.78, 5) is 6.82. The van der Waals surface area contributed by atoms with Crippen molar-refractivity contribution in [3.8, 4) is 0 Å². The van der Waals surface area contributed by atoms with Gasteiger partial charge in [-0.1, -0.05) is 25.8 Å². The third-order valence-electron chi connectivity index (χ3n) is 3.86. The van der Waals surface area contributed by atoms with Crippen molar-refractivity contribution in [1.29, 1.82) is 0 Å². The monoisotopic (exact) mass is 233 g/mol. The SMILES string of the molecule is CC1CCCC(N(C)c2ccc(CN)cn2)C1. The Morgan fingerprint density at radius 3 is 2.82 bits per heavy atom. The third-order valence-corrected chi connectivity index (χ3v) is 3.86. The van der Waals surface area contributed by atoms with Crippen LogP contribution >= 0.6 is 0 Å². The van der Waals surface area contributed by atoms with Crippen LogP contribution in [0.25, 0.3) is 0 Å². The first-order chi connectivity index (χ1) is 8.20. The zero-order valence-electron chi connectivity index (χ0n) is 10.9. The van der Waals surface area contributed by atoms with Gasteiger partial charge in [0.05, 0.1) is 0 Å². The molecule has 2 rings (SSSR count). The maximum absolute atomic E-state index is 5.58. The van der Waals surface area contributed by atoms with E-state index in [0.717, 1.165) is 17.3 Å². The summed E-state index contributed by atoms with van der Waals surface area (Å²) in [6, 6.07) is 4.81. The van der Waals surface area contributed by atoms with Gasteiger partial charge in [-0.15, -0.1) is 0 Å². The molecule has 0 spiro atoms. The zero-order valence-corrected chi connectivity index (χ0v) is 10.9. The summed E-state index contributed by atoms with van der Waals surface area (Å²) in [5, 5.41) is 0. The molecule has 3 heteroatoms. The molecule has 1 aromatic heterocycles. The average Bonchev–Trinajstić information content (AvgIpc) is 2.38. The summed E-state index contributed by atoms with van der Waals surface area (Å²) in [7, 11) is 2.16. The van der Waals surface area contributed by atoms with Gasteiger partial charge in [-0.3, -0.25) is 0 Å². The molecule has 0 aromatic carbocycles. The molecule has 0 bridgehead atoms. The van der Waals surface area contributed by atoms with Crippen LogP contribution in [0.2, 0.25) is 0 Å². The molecule has 0 amide bonds. The first-order valence-corrected chi connectivity index (χ1v) is 6.58. The van der Waals surface area contributed by atoms with Crippen LogP contribution in [0, 0.1) is 5.92 Å². The lowest BCUT2D eigenvalue weighted by molar-refractivity contribution is 0.335. The van der Waals surface area contributed by atoms with Crippen molar-refractivity contribution in [3.63, 3.8) is 0 Å². The lowest BCUT2D eigenvalue weighted by atomic mass is 9.86. The van der Waals surface area contributed by atoms with Crippen LogP contribution < -0.4 is 10.6 Å². The number of nitrogens with zero attached hydrogens (tertiary/aromatic N) is 2. The van der Waals surface area contributed by atoms with Crippen LogP contribution in [0.4, 0.5) is 5.82 Å². The van der Waals surface area contributed by atoms with Gasteiger partial charge in [0.25, 0.3) is 0 Å². The predicted octanol–water partition coefficient (Wildman–Crippen LogP) is 2.56. The fourth-order valence-corrected chi connectivity index (χ4v) is 2.69. The number of aromatic nitrogens is 1. The van der Waals surface area contributed by atoms with E-state index in [2.05, 4.69) is 36.0 Å². The summed E-state index contributed by atoms with van der Waals surface area (Å²) in [6.45, 7) is 2.92. The van der Waals surface area contributed by atoms with Crippen LogP contribution in [-0.2, 0) is 6.54 Å². The smallest absolute Gasteiger partial charge is 0.128 e. The van der Waals surface area contributed by atoms with Crippen molar-refractivity contribution in [3.05, 3.63) is 23.9 Å². The first kappa shape index (κ1) is 12.4. The lowest BCUT2D eigenvalue weighted by Crippen LogP contribution is -2.36. The molecule has 1 aliphatic rings. The molecule has 1 saturated carbocycles. The van der Waals surface area contributed by atoms with Crippen LogP contribution in [0.3, 0.4) is 0 Å². The van der Waals surface area contributed by atoms with Gasteiger partial charge in [0, 0.05) is 25.8 Å². The molecule has 94 valence electrons. The Hall–Kier alpha value is -1.09. The highest BCUT2D eigenvalue weighted by Crippen LogP contribution is 2.28. The van der Waals surface area contributed by atoms with Crippen molar-refractivity contribution in [2.45, 2.75) is 45.2 Å². The van der Waals surface area contributed by atoms with Crippen molar-refractivity contribution < 1.29 is 0 Å². The fraction of sp³-hybridized carbons (Fsp3) is 0.643. The second-order valence-electron chi connectivity index (χ2n) is 5.27. The Balaban J connectivity index is 2.04. The maximum Gasteiger partial charge on any atom is 0.128 e. The minimum absolute atomic E-state index is 0.567. The number of nitrogens with two attached hydrogens (primary N) is 1. The lowest BCUT2D eigenvalue weighted by Gasteiger charge is -2.34. The largest absolute Gasteiger partial charge is 0.357 e. The van der Waals surface area contributed by atoms with E-state index in [1.807, 2.05) is 6.20 Å². The normalized spacial score (nSPS) is 24.6. The highest BCUT2D eigenvalue weighted by Gasteiger charge is 2.22. The summed E-state index contributed by atoms with van der Waals surface area (Å²) in [5.74, 6) is 1.92. The Labute approximate surface area is 104 Å². The minimum Gasteiger partial charge on any atom is -0.357 e. The van der Waals surface area contributed by atoms with Gasteiger partial charge in [-0.25, -0.2) is 4.98 Å². The van der Waals surface area contributed by atoms with Gasteiger partial charge in [-0.2, -0.15) is 0 Å². The Morgan fingerprint density at radius 1 is 1.41 bits per heavy atom. The molecule has 1 heterocycles. The molecule has 0 radical (unpaired) electrons. The van der Waals surface area contributed by atoms with E-state index in [9.17, 15) is 0 Å². The van der Waals surface area contributed by atoms with Crippen molar-refractivity contribution in [1.82, 2.24) is 4.98 Å². The number of pyridine rings is 1. The van der Waals surface area contributed by atoms with E-state index in [1.54, 1.807) is 0 Å². The summed E-state index contributed by atoms with van der Waals surface area (Å²) >= 11 is 0. The van der Waals surface area contributed by atoms with Gasteiger partial charge in [-0.05, 0) is 30.4 Å². The Bertz CT molecular complexity index is 347. The standard InChI is InChI=1S/C14H23N3/c1-11-4-3-5-13(8-11)17(2)14-7-6-12(9-15)10-16-14/h6-7,10-11,13H,3-5,8-9,15H2,1-2H3. The highest BCUT2D eigenvalue weighted by molar-refractivity contribution is 5.39.